The summed E-state index contributed by atoms with van der Waals surface area (Å²) >= 11 is 0. The van der Waals surface area contributed by atoms with Crippen LogP contribution in [0.4, 0.5) is 0 Å². The van der Waals surface area contributed by atoms with Gasteiger partial charge in [-0.05, 0) is 12.8 Å². The lowest BCUT2D eigenvalue weighted by Crippen LogP contribution is -2.45. The largest absolute Gasteiger partial charge is 0.350 e. The SMILES string of the molecule is Cl.NC1CCCN(C(=O)c2cc(-c3ccccc3)no2)C1. The zero-order chi connectivity index (χ0) is 13.9. The molecule has 1 amide bonds. The Morgan fingerprint density at radius 1 is 1.33 bits per heavy atom. The lowest BCUT2D eigenvalue weighted by molar-refractivity contribution is 0.0667. The fourth-order valence-corrected chi connectivity index (χ4v) is 2.47. The molecule has 1 unspecified atom stereocenters. The van der Waals surface area contributed by atoms with Crippen LogP contribution >= 0.6 is 12.4 Å². The van der Waals surface area contributed by atoms with Crippen LogP contribution in [0, 0.1) is 0 Å². The van der Waals surface area contributed by atoms with Gasteiger partial charge in [-0.15, -0.1) is 12.4 Å². The molecule has 0 saturated carbocycles. The number of rotatable bonds is 2. The molecule has 2 N–H and O–H groups in total. The van der Waals surface area contributed by atoms with Gasteiger partial charge in [-0.25, -0.2) is 0 Å². The van der Waals surface area contributed by atoms with Crippen molar-refractivity contribution in [2.24, 2.45) is 5.73 Å². The highest BCUT2D eigenvalue weighted by molar-refractivity contribution is 5.92. The maximum Gasteiger partial charge on any atom is 0.292 e. The third kappa shape index (κ3) is 3.43. The normalized spacial score (nSPS) is 18.1. The second-order valence-electron chi connectivity index (χ2n) is 5.10. The smallest absolute Gasteiger partial charge is 0.292 e. The van der Waals surface area contributed by atoms with Gasteiger partial charge in [0.2, 0.25) is 5.76 Å². The molecular weight excluding hydrogens is 290 g/mol. The van der Waals surface area contributed by atoms with E-state index in [0.717, 1.165) is 24.9 Å². The molecule has 0 spiro atoms. The van der Waals surface area contributed by atoms with Crippen molar-refractivity contribution in [2.75, 3.05) is 13.1 Å². The van der Waals surface area contributed by atoms with Crippen molar-refractivity contribution in [3.8, 4) is 11.3 Å². The Bertz CT molecular complexity index is 600. The number of amides is 1. The molecule has 0 radical (unpaired) electrons. The Morgan fingerprint density at radius 2 is 2.10 bits per heavy atom. The molecule has 6 heteroatoms. The van der Waals surface area contributed by atoms with Crippen molar-refractivity contribution >= 4 is 18.3 Å². The summed E-state index contributed by atoms with van der Waals surface area (Å²) in [5, 5.41) is 3.97. The first kappa shape index (κ1) is 15.5. The summed E-state index contributed by atoms with van der Waals surface area (Å²) in [5.74, 6) is 0.146. The van der Waals surface area contributed by atoms with E-state index in [0.29, 0.717) is 12.2 Å². The van der Waals surface area contributed by atoms with Crippen LogP contribution in [-0.4, -0.2) is 35.1 Å². The molecule has 0 aliphatic carbocycles. The maximum atomic E-state index is 12.3. The van der Waals surface area contributed by atoms with Crippen molar-refractivity contribution in [3.63, 3.8) is 0 Å². The van der Waals surface area contributed by atoms with E-state index in [2.05, 4.69) is 5.16 Å². The zero-order valence-electron chi connectivity index (χ0n) is 11.6. The first-order valence-electron chi connectivity index (χ1n) is 6.81. The molecule has 21 heavy (non-hydrogen) atoms. The van der Waals surface area contributed by atoms with Gasteiger partial charge in [0.1, 0.15) is 5.69 Å². The number of piperidine rings is 1. The minimum Gasteiger partial charge on any atom is -0.350 e. The molecule has 1 saturated heterocycles. The number of aromatic nitrogens is 1. The molecule has 1 aromatic heterocycles. The van der Waals surface area contributed by atoms with Gasteiger partial charge >= 0.3 is 0 Å². The van der Waals surface area contributed by atoms with E-state index in [-0.39, 0.29) is 30.1 Å². The van der Waals surface area contributed by atoms with Crippen molar-refractivity contribution in [3.05, 3.63) is 42.2 Å². The van der Waals surface area contributed by atoms with Crippen LogP contribution < -0.4 is 5.73 Å². The summed E-state index contributed by atoms with van der Waals surface area (Å²) < 4.78 is 5.19. The van der Waals surface area contributed by atoms with E-state index in [9.17, 15) is 4.79 Å². The Labute approximate surface area is 129 Å². The Hall–Kier alpha value is -1.85. The fourth-order valence-electron chi connectivity index (χ4n) is 2.47. The van der Waals surface area contributed by atoms with Crippen molar-refractivity contribution in [1.82, 2.24) is 10.1 Å². The van der Waals surface area contributed by atoms with E-state index in [4.69, 9.17) is 10.3 Å². The third-order valence-corrected chi connectivity index (χ3v) is 3.54. The summed E-state index contributed by atoms with van der Waals surface area (Å²) in [6.07, 6.45) is 1.90. The van der Waals surface area contributed by atoms with Crippen LogP contribution in [-0.2, 0) is 0 Å². The summed E-state index contributed by atoms with van der Waals surface area (Å²) in [6, 6.07) is 11.4. The Morgan fingerprint density at radius 3 is 2.81 bits per heavy atom. The average molecular weight is 308 g/mol. The summed E-state index contributed by atoms with van der Waals surface area (Å²) in [7, 11) is 0. The lowest BCUT2D eigenvalue weighted by Gasteiger charge is -2.29. The standard InChI is InChI=1S/C15H17N3O2.ClH/c16-12-7-4-8-18(10-12)15(19)14-9-13(17-20-14)11-5-2-1-3-6-11;/h1-3,5-6,9,12H,4,7-8,10,16H2;1H. The van der Waals surface area contributed by atoms with Crippen LogP contribution in [0.1, 0.15) is 23.4 Å². The number of likely N-dealkylation sites (tertiary alicyclic amines) is 1. The number of halogens is 1. The Kier molecular flexibility index (Phi) is 4.98. The van der Waals surface area contributed by atoms with Crippen LogP contribution in [0.3, 0.4) is 0 Å². The van der Waals surface area contributed by atoms with Crippen LogP contribution in [0.25, 0.3) is 11.3 Å². The predicted molar refractivity (Wildman–Crippen MR) is 82.3 cm³/mol. The average Bonchev–Trinajstić information content (AvgIpc) is 2.97. The lowest BCUT2D eigenvalue weighted by atomic mass is 10.1. The molecule has 1 atom stereocenters. The maximum absolute atomic E-state index is 12.3. The van der Waals surface area contributed by atoms with Gasteiger partial charge in [0.05, 0.1) is 0 Å². The number of nitrogens with zero attached hydrogens (tertiary/aromatic N) is 2. The van der Waals surface area contributed by atoms with Gasteiger partial charge in [-0.2, -0.15) is 0 Å². The van der Waals surface area contributed by atoms with E-state index >= 15 is 0 Å². The predicted octanol–water partition coefficient (Wildman–Crippen LogP) is 2.33. The molecule has 1 aliphatic rings. The topological polar surface area (TPSA) is 72.4 Å². The summed E-state index contributed by atoms with van der Waals surface area (Å²) in [5.41, 5.74) is 7.51. The van der Waals surface area contributed by atoms with E-state index in [1.165, 1.54) is 0 Å². The zero-order valence-corrected chi connectivity index (χ0v) is 12.4. The summed E-state index contributed by atoms with van der Waals surface area (Å²) in [4.78, 5) is 14.1. The third-order valence-electron chi connectivity index (χ3n) is 3.54. The minimum atomic E-state index is -0.130. The van der Waals surface area contributed by atoms with Crippen molar-refractivity contribution in [1.29, 1.82) is 0 Å². The summed E-state index contributed by atoms with van der Waals surface area (Å²) in [6.45, 7) is 1.31. The highest BCUT2D eigenvalue weighted by Gasteiger charge is 2.25. The molecule has 5 nitrogen and oxygen atoms in total. The van der Waals surface area contributed by atoms with Gasteiger partial charge < -0.3 is 15.2 Å². The number of nitrogens with two attached hydrogens (primary N) is 1. The molecular formula is C15H18ClN3O2. The monoisotopic (exact) mass is 307 g/mol. The first-order chi connectivity index (χ1) is 9.74. The van der Waals surface area contributed by atoms with Gasteiger partial charge in [0.15, 0.2) is 0 Å². The quantitative estimate of drug-likeness (QED) is 0.924. The van der Waals surface area contributed by atoms with E-state index in [1.54, 1.807) is 11.0 Å². The molecule has 112 valence electrons. The number of hydrogen-bond donors (Lipinski definition) is 1. The second kappa shape index (κ2) is 6.74. The molecule has 1 fully saturated rings. The number of carbonyl (C=O) groups excluding carboxylic acids is 1. The highest BCUT2D eigenvalue weighted by Crippen LogP contribution is 2.20. The number of hydrogen-bond acceptors (Lipinski definition) is 4. The van der Waals surface area contributed by atoms with E-state index in [1.807, 2.05) is 30.3 Å². The number of carbonyl (C=O) groups is 1. The Balaban J connectivity index is 0.00000161. The molecule has 2 heterocycles. The van der Waals surface area contributed by atoms with Gasteiger partial charge in [-0.1, -0.05) is 35.5 Å². The van der Waals surface area contributed by atoms with Crippen LogP contribution in [0.5, 0.6) is 0 Å². The molecule has 1 aliphatic heterocycles. The highest BCUT2D eigenvalue weighted by atomic mass is 35.5. The van der Waals surface area contributed by atoms with Gasteiger partial charge in [-0.3, -0.25) is 4.79 Å². The number of benzene rings is 1. The van der Waals surface area contributed by atoms with Crippen molar-refractivity contribution in [2.45, 2.75) is 18.9 Å². The van der Waals surface area contributed by atoms with Crippen LogP contribution in [0.2, 0.25) is 0 Å². The van der Waals surface area contributed by atoms with E-state index < -0.39 is 0 Å². The van der Waals surface area contributed by atoms with Crippen LogP contribution in [0.15, 0.2) is 40.9 Å². The fraction of sp³-hybridized carbons (Fsp3) is 0.333. The van der Waals surface area contributed by atoms with Gasteiger partial charge in [0.25, 0.3) is 5.91 Å². The molecule has 3 rings (SSSR count). The second-order valence-corrected chi connectivity index (χ2v) is 5.10. The molecule has 1 aromatic carbocycles. The van der Waals surface area contributed by atoms with Gasteiger partial charge in [0, 0.05) is 30.8 Å². The molecule has 2 aromatic rings. The minimum absolute atomic E-state index is 0. The van der Waals surface area contributed by atoms with Crippen molar-refractivity contribution < 1.29 is 9.32 Å². The molecule has 0 bridgehead atoms. The first-order valence-corrected chi connectivity index (χ1v) is 6.81.